The van der Waals surface area contributed by atoms with Gasteiger partial charge in [0.25, 0.3) is 0 Å². The number of nitrogens with two attached hydrogens (primary N) is 1. The zero-order valence-corrected chi connectivity index (χ0v) is 8.38. The minimum absolute atomic E-state index is 0.103. The summed E-state index contributed by atoms with van der Waals surface area (Å²) in [7, 11) is 0. The van der Waals surface area contributed by atoms with E-state index < -0.39 is 18.6 Å². The van der Waals surface area contributed by atoms with E-state index in [2.05, 4.69) is 4.98 Å². The summed E-state index contributed by atoms with van der Waals surface area (Å²) < 4.78 is 35.8. The molecule has 0 aliphatic rings. The first-order chi connectivity index (χ1) is 6.88. The van der Waals surface area contributed by atoms with Gasteiger partial charge in [0.05, 0.1) is 0 Å². The van der Waals surface area contributed by atoms with Gasteiger partial charge in [-0.25, -0.2) is 0 Å². The molecule has 0 radical (unpaired) electrons. The average molecular weight is 218 g/mol. The highest BCUT2D eigenvalue weighted by atomic mass is 19.4. The summed E-state index contributed by atoms with van der Waals surface area (Å²) in [5.74, 6) is 0. The average Bonchev–Trinajstić information content (AvgIpc) is 2.14. The van der Waals surface area contributed by atoms with E-state index in [0.717, 1.165) is 5.69 Å². The van der Waals surface area contributed by atoms with Crippen LogP contribution in [0.4, 0.5) is 13.2 Å². The van der Waals surface area contributed by atoms with Crippen LogP contribution < -0.4 is 5.73 Å². The van der Waals surface area contributed by atoms with Crippen LogP contribution in [-0.2, 0) is 0 Å². The molecule has 1 aromatic heterocycles. The lowest BCUT2D eigenvalue weighted by Crippen LogP contribution is -2.16. The number of nitrogens with zero attached hydrogens (tertiary/aromatic N) is 1. The quantitative estimate of drug-likeness (QED) is 0.847. The van der Waals surface area contributed by atoms with Crippen molar-refractivity contribution in [1.29, 1.82) is 0 Å². The Morgan fingerprint density at radius 3 is 2.53 bits per heavy atom. The Bertz CT molecular complexity index is 305. The molecule has 1 heterocycles. The smallest absolute Gasteiger partial charge is 0.324 e. The van der Waals surface area contributed by atoms with E-state index >= 15 is 0 Å². The fourth-order valence-corrected chi connectivity index (χ4v) is 1.18. The summed E-state index contributed by atoms with van der Waals surface area (Å²) >= 11 is 0. The normalized spacial score (nSPS) is 13.9. The molecule has 0 saturated heterocycles. The molecule has 0 aliphatic carbocycles. The lowest BCUT2D eigenvalue weighted by molar-refractivity contribution is -0.136. The molecular weight excluding hydrogens is 205 g/mol. The van der Waals surface area contributed by atoms with E-state index in [1.807, 2.05) is 6.92 Å². The van der Waals surface area contributed by atoms with Crippen molar-refractivity contribution in [2.75, 3.05) is 0 Å². The predicted octanol–water partition coefficient (Wildman–Crippen LogP) is 2.73. The van der Waals surface area contributed by atoms with Crippen LogP contribution in [-0.4, -0.2) is 11.2 Å². The lowest BCUT2D eigenvalue weighted by Gasteiger charge is -2.13. The summed E-state index contributed by atoms with van der Waals surface area (Å²) in [5, 5.41) is 0. The first-order valence-electron chi connectivity index (χ1n) is 4.63. The molecule has 0 aliphatic heterocycles. The van der Waals surface area contributed by atoms with Crippen LogP contribution in [0, 0.1) is 6.92 Å². The monoisotopic (exact) mass is 218 g/mol. The lowest BCUT2D eigenvalue weighted by atomic mass is 10.0. The second kappa shape index (κ2) is 4.61. The molecular formula is C10H13F3N2. The molecule has 15 heavy (non-hydrogen) atoms. The van der Waals surface area contributed by atoms with Crippen LogP contribution in [0.15, 0.2) is 18.3 Å². The third-order valence-corrected chi connectivity index (χ3v) is 2.10. The maximum Gasteiger partial charge on any atom is 0.389 e. The van der Waals surface area contributed by atoms with Gasteiger partial charge in [0.15, 0.2) is 0 Å². The molecule has 0 spiro atoms. The number of aryl methyl sites for hydroxylation is 1. The molecule has 1 rings (SSSR count). The summed E-state index contributed by atoms with van der Waals surface area (Å²) in [4.78, 5) is 3.98. The minimum Gasteiger partial charge on any atom is -0.324 e. The van der Waals surface area contributed by atoms with Crippen molar-refractivity contribution in [1.82, 2.24) is 4.98 Å². The topological polar surface area (TPSA) is 38.9 Å². The van der Waals surface area contributed by atoms with E-state index in [9.17, 15) is 13.2 Å². The molecule has 0 saturated carbocycles. The first kappa shape index (κ1) is 12.0. The van der Waals surface area contributed by atoms with E-state index in [4.69, 9.17) is 5.73 Å². The largest absolute Gasteiger partial charge is 0.389 e. The molecule has 0 bridgehead atoms. The van der Waals surface area contributed by atoms with E-state index in [0.29, 0.717) is 5.56 Å². The number of hydrogen-bond acceptors (Lipinski definition) is 2. The molecule has 1 unspecified atom stereocenters. The highest BCUT2D eigenvalue weighted by molar-refractivity contribution is 5.16. The highest BCUT2D eigenvalue weighted by Crippen LogP contribution is 2.25. The van der Waals surface area contributed by atoms with Crippen LogP contribution in [0.25, 0.3) is 0 Å². The minimum atomic E-state index is -4.14. The number of pyridine rings is 1. The number of hydrogen-bond donors (Lipinski definition) is 1. The van der Waals surface area contributed by atoms with Gasteiger partial charge in [0.2, 0.25) is 0 Å². The van der Waals surface area contributed by atoms with Gasteiger partial charge in [-0.1, -0.05) is 6.07 Å². The van der Waals surface area contributed by atoms with Crippen molar-refractivity contribution in [2.24, 2.45) is 5.73 Å². The molecule has 84 valence electrons. The molecule has 2 N–H and O–H groups in total. The van der Waals surface area contributed by atoms with Crippen molar-refractivity contribution < 1.29 is 13.2 Å². The van der Waals surface area contributed by atoms with Crippen molar-refractivity contribution in [3.63, 3.8) is 0 Å². The Kier molecular flexibility index (Phi) is 3.68. The van der Waals surface area contributed by atoms with E-state index in [-0.39, 0.29) is 6.42 Å². The third-order valence-electron chi connectivity index (χ3n) is 2.10. The summed E-state index contributed by atoms with van der Waals surface area (Å²) in [6, 6.07) is 2.85. The Hall–Kier alpha value is -1.10. The maximum atomic E-state index is 11.9. The number of aromatic nitrogens is 1. The molecule has 0 fully saturated rings. The number of rotatable bonds is 3. The Labute approximate surface area is 86.3 Å². The van der Waals surface area contributed by atoms with Crippen LogP contribution in [0.1, 0.15) is 30.1 Å². The van der Waals surface area contributed by atoms with Crippen molar-refractivity contribution in [3.05, 3.63) is 29.6 Å². The Morgan fingerprint density at radius 1 is 1.40 bits per heavy atom. The molecule has 1 atom stereocenters. The summed E-state index contributed by atoms with van der Waals surface area (Å²) in [6.45, 7) is 1.81. The predicted molar refractivity (Wildman–Crippen MR) is 51.2 cm³/mol. The maximum absolute atomic E-state index is 11.9. The van der Waals surface area contributed by atoms with Gasteiger partial charge in [0, 0.05) is 24.4 Å². The molecule has 5 heteroatoms. The zero-order valence-electron chi connectivity index (χ0n) is 8.38. The van der Waals surface area contributed by atoms with Gasteiger partial charge in [-0.15, -0.1) is 0 Å². The second-order valence-corrected chi connectivity index (χ2v) is 3.49. The third kappa shape index (κ3) is 4.29. The molecule has 0 aromatic carbocycles. The van der Waals surface area contributed by atoms with Crippen LogP contribution in [0.5, 0.6) is 0 Å². The van der Waals surface area contributed by atoms with Crippen molar-refractivity contribution in [3.8, 4) is 0 Å². The molecule has 0 amide bonds. The highest BCUT2D eigenvalue weighted by Gasteiger charge is 2.27. The number of halogens is 3. The fraction of sp³-hybridized carbons (Fsp3) is 0.500. The van der Waals surface area contributed by atoms with E-state index in [1.165, 1.54) is 6.20 Å². The van der Waals surface area contributed by atoms with Crippen LogP contribution in [0.2, 0.25) is 0 Å². The van der Waals surface area contributed by atoms with Gasteiger partial charge in [-0.3, -0.25) is 4.98 Å². The molecule has 1 aromatic rings. The fourth-order valence-electron chi connectivity index (χ4n) is 1.18. The Morgan fingerprint density at radius 2 is 2.07 bits per heavy atom. The van der Waals surface area contributed by atoms with E-state index in [1.54, 1.807) is 12.1 Å². The number of alkyl halides is 3. The first-order valence-corrected chi connectivity index (χ1v) is 4.63. The van der Waals surface area contributed by atoms with Gasteiger partial charge in [-0.2, -0.15) is 13.2 Å². The van der Waals surface area contributed by atoms with Gasteiger partial charge >= 0.3 is 6.18 Å². The van der Waals surface area contributed by atoms with Crippen molar-refractivity contribution in [2.45, 2.75) is 32.0 Å². The van der Waals surface area contributed by atoms with Crippen LogP contribution >= 0.6 is 0 Å². The van der Waals surface area contributed by atoms with Gasteiger partial charge in [-0.05, 0) is 25.0 Å². The van der Waals surface area contributed by atoms with Crippen molar-refractivity contribution >= 4 is 0 Å². The summed E-state index contributed by atoms with van der Waals surface area (Å²) in [5.41, 5.74) is 7.08. The van der Waals surface area contributed by atoms with Gasteiger partial charge < -0.3 is 5.73 Å². The summed E-state index contributed by atoms with van der Waals surface area (Å²) in [6.07, 6.45) is -3.58. The SMILES string of the molecule is Cc1ccc(C(N)CCC(F)(F)F)cn1. The Balaban J connectivity index is 2.54. The van der Waals surface area contributed by atoms with Gasteiger partial charge in [0.1, 0.15) is 0 Å². The zero-order chi connectivity index (χ0) is 11.5. The van der Waals surface area contributed by atoms with Crippen LogP contribution in [0.3, 0.4) is 0 Å². The molecule has 2 nitrogen and oxygen atoms in total. The standard InChI is InChI=1S/C10H13F3N2/c1-7-2-3-8(6-15-7)9(14)4-5-10(11,12)13/h2-3,6,9H,4-5,14H2,1H3. The second-order valence-electron chi connectivity index (χ2n) is 3.49.